The molecule has 5 rings (SSSR count). The lowest BCUT2D eigenvalue weighted by Crippen LogP contribution is -2.35. The van der Waals surface area contributed by atoms with Crippen LogP contribution in [-0.4, -0.2) is 40.9 Å². The van der Waals surface area contributed by atoms with E-state index in [9.17, 15) is 10.2 Å². The fourth-order valence-electron chi connectivity index (χ4n) is 5.33. The van der Waals surface area contributed by atoms with Gasteiger partial charge < -0.3 is 19.7 Å². The number of likely N-dealkylation sites (tertiary alicyclic amines) is 1. The van der Waals surface area contributed by atoms with Crippen LogP contribution in [0, 0.1) is 12.5 Å². The summed E-state index contributed by atoms with van der Waals surface area (Å²) in [6, 6.07) is 17.9. The summed E-state index contributed by atoms with van der Waals surface area (Å²) >= 11 is 0. The molecular weight excluding hydrogens is 464 g/mol. The fourth-order valence-corrected chi connectivity index (χ4v) is 5.33. The standard InChI is InChI=1S/C31H32N2O4/c1-19-12-13-33(17-19)20(2)18-36-25-9-10-26(28(16-25)32-4)31-30(22-6-5-7-23(34)14-22)21(3)27-15-24(35)8-11-29(27)37-31/h5-11,14-16,19-20,31,34-35H,12-13,17-18H2,1-3H3/t19-,20+,31?/m1/s1. The number of fused-ring (bicyclic) bond motifs is 1. The Morgan fingerprint density at radius 3 is 2.65 bits per heavy atom. The number of hydrogen-bond acceptors (Lipinski definition) is 5. The summed E-state index contributed by atoms with van der Waals surface area (Å²) in [5.74, 6) is 2.31. The maximum Gasteiger partial charge on any atom is 0.198 e. The van der Waals surface area contributed by atoms with Gasteiger partial charge in [-0.2, -0.15) is 0 Å². The van der Waals surface area contributed by atoms with Crippen LogP contribution < -0.4 is 9.47 Å². The van der Waals surface area contributed by atoms with Crippen LogP contribution in [0.5, 0.6) is 23.0 Å². The first-order valence-corrected chi connectivity index (χ1v) is 12.7. The Balaban J connectivity index is 1.49. The van der Waals surface area contributed by atoms with E-state index >= 15 is 0 Å². The zero-order valence-electron chi connectivity index (χ0n) is 21.4. The molecule has 0 aliphatic carbocycles. The Hall–Kier alpha value is -3.95. The average Bonchev–Trinajstić information content (AvgIpc) is 3.33. The van der Waals surface area contributed by atoms with Crippen molar-refractivity contribution in [2.45, 2.75) is 39.3 Å². The average molecular weight is 497 g/mol. The third-order valence-electron chi connectivity index (χ3n) is 7.41. The first-order chi connectivity index (χ1) is 17.8. The number of hydrogen-bond donors (Lipinski definition) is 2. The summed E-state index contributed by atoms with van der Waals surface area (Å²) in [6.45, 7) is 17.1. The number of ether oxygens (including phenoxy) is 2. The zero-order valence-corrected chi connectivity index (χ0v) is 21.4. The second-order valence-electron chi connectivity index (χ2n) is 10.1. The van der Waals surface area contributed by atoms with Crippen LogP contribution in [0.15, 0.2) is 60.7 Å². The molecule has 1 saturated heterocycles. The molecule has 0 saturated carbocycles. The molecule has 1 unspecified atom stereocenters. The van der Waals surface area contributed by atoms with Crippen molar-refractivity contribution in [3.8, 4) is 23.0 Å². The minimum Gasteiger partial charge on any atom is -0.508 e. The number of rotatable bonds is 6. The SMILES string of the molecule is [C-]#[N+]c1cc(OC[C@H](C)N2CC[C@@H](C)C2)ccc1C1Oc2ccc(O)cc2C(C)=C1c1cccc(O)c1. The summed E-state index contributed by atoms with van der Waals surface area (Å²) in [4.78, 5) is 6.28. The van der Waals surface area contributed by atoms with Gasteiger partial charge in [0.15, 0.2) is 5.69 Å². The second kappa shape index (κ2) is 10.2. The van der Waals surface area contributed by atoms with E-state index in [4.69, 9.17) is 16.0 Å². The molecule has 0 bridgehead atoms. The van der Waals surface area contributed by atoms with Crippen LogP contribution >= 0.6 is 0 Å². The van der Waals surface area contributed by atoms with Crippen LogP contribution in [0.2, 0.25) is 0 Å². The minimum atomic E-state index is -0.568. The molecule has 190 valence electrons. The quantitative estimate of drug-likeness (QED) is 0.367. The number of benzene rings is 3. The highest BCUT2D eigenvalue weighted by Crippen LogP contribution is 2.49. The summed E-state index contributed by atoms with van der Waals surface area (Å²) in [5.41, 5.74) is 4.50. The second-order valence-corrected chi connectivity index (χ2v) is 10.1. The summed E-state index contributed by atoms with van der Waals surface area (Å²) in [7, 11) is 0. The van der Waals surface area contributed by atoms with Crippen molar-refractivity contribution in [2.24, 2.45) is 5.92 Å². The molecule has 0 radical (unpaired) electrons. The van der Waals surface area contributed by atoms with Gasteiger partial charge in [0.2, 0.25) is 0 Å². The maximum absolute atomic E-state index is 10.2. The first kappa shape index (κ1) is 24.7. The molecule has 0 aromatic heterocycles. The van der Waals surface area contributed by atoms with Gasteiger partial charge in [-0.3, -0.25) is 4.90 Å². The molecule has 2 aliphatic rings. The predicted molar refractivity (Wildman–Crippen MR) is 145 cm³/mol. The smallest absolute Gasteiger partial charge is 0.198 e. The highest BCUT2D eigenvalue weighted by molar-refractivity contribution is 5.96. The molecule has 6 heteroatoms. The maximum atomic E-state index is 10.2. The lowest BCUT2D eigenvalue weighted by Gasteiger charge is -2.32. The molecule has 6 nitrogen and oxygen atoms in total. The van der Waals surface area contributed by atoms with E-state index in [0.29, 0.717) is 29.8 Å². The first-order valence-electron chi connectivity index (χ1n) is 12.7. The van der Waals surface area contributed by atoms with Crippen molar-refractivity contribution in [1.82, 2.24) is 4.90 Å². The molecule has 0 spiro atoms. The fraction of sp³-hybridized carbons (Fsp3) is 0.323. The van der Waals surface area contributed by atoms with Gasteiger partial charge in [-0.15, -0.1) is 0 Å². The molecule has 2 heterocycles. The van der Waals surface area contributed by atoms with Gasteiger partial charge in [0, 0.05) is 29.3 Å². The largest absolute Gasteiger partial charge is 0.508 e. The number of phenols is 2. The Bertz CT molecular complexity index is 1390. The Labute approximate surface area is 218 Å². The van der Waals surface area contributed by atoms with Gasteiger partial charge in [-0.05, 0) is 86.3 Å². The summed E-state index contributed by atoms with van der Waals surface area (Å²) < 4.78 is 12.6. The predicted octanol–water partition coefficient (Wildman–Crippen LogP) is 6.82. The number of aromatic hydroxyl groups is 2. The molecule has 3 aromatic carbocycles. The molecule has 3 aromatic rings. The van der Waals surface area contributed by atoms with Crippen molar-refractivity contribution >= 4 is 16.8 Å². The van der Waals surface area contributed by atoms with Gasteiger partial charge in [0.1, 0.15) is 35.7 Å². The molecule has 2 aliphatic heterocycles. The van der Waals surface area contributed by atoms with Crippen LogP contribution in [-0.2, 0) is 0 Å². The molecule has 2 N–H and O–H groups in total. The van der Waals surface area contributed by atoms with Crippen molar-refractivity contribution in [3.05, 3.63) is 88.8 Å². The van der Waals surface area contributed by atoms with Crippen molar-refractivity contribution in [2.75, 3.05) is 19.7 Å². The van der Waals surface area contributed by atoms with E-state index in [-0.39, 0.29) is 11.5 Å². The van der Waals surface area contributed by atoms with Gasteiger partial charge in [0.25, 0.3) is 0 Å². The Kier molecular flexibility index (Phi) is 6.82. The van der Waals surface area contributed by atoms with Gasteiger partial charge in [-0.1, -0.05) is 25.1 Å². The van der Waals surface area contributed by atoms with E-state index in [1.807, 2.05) is 25.1 Å². The van der Waals surface area contributed by atoms with E-state index in [2.05, 4.69) is 23.6 Å². The van der Waals surface area contributed by atoms with E-state index < -0.39 is 6.10 Å². The van der Waals surface area contributed by atoms with Crippen LogP contribution in [0.3, 0.4) is 0 Å². The Morgan fingerprint density at radius 2 is 1.92 bits per heavy atom. The minimum absolute atomic E-state index is 0.147. The van der Waals surface area contributed by atoms with Crippen LogP contribution in [0.1, 0.15) is 50.0 Å². The number of phenolic OH excluding ortho intramolecular Hbond substituents is 2. The van der Waals surface area contributed by atoms with E-state index in [1.54, 1.807) is 42.5 Å². The lowest BCUT2D eigenvalue weighted by atomic mass is 9.85. The van der Waals surface area contributed by atoms with Gasteiger partial charge in [-0.25, -0.2) is 4.85 Å². The van der Waals surface area contributed by atoms with Crippen molar-refractivity contribution < 1.29 is 19.7 Å². The number of nitrogens with zero attached hydrogens (tertiary/aromatic N) is 2. The summed E-state index contributed by atoms with van der Waals surface area (Å²) in [5, 5.41) is 20.3. The summed E-state index contributed by atoms with van der Waals surface area (Å²) in [6.07, 6.45) is 0.654. The number of allylic oxidation sites excluding steroid dienone is 1. The Morgan fingerprint density at radius 1 is 1.11 bits per heavy atom. The molecule has 3 atom stereocenters. The molecular formula is C31H32N2O4. The monoisotopic (exact) mass is 496 g/mol. The lowest BCUT2D eigenvalue weighted by molar-refractivity contribution is 0.169. The highest BCUT2D eigenvalue weighted by Gasteiger charge is 2.31. The normalized spacial score (nSPS) is 20.2. The highest BCUT2D eigenvalue weighted by atomic mass is 16.5. The molecule has 0 amide bonds. The van der Waals surface area contributed by atoms with E-state index in [1.165, 1.54) is 6.42 Å². The topological polar surface area (TPSA) is 66.5 Å². The van der Waals surface area contributed by atoms with Crippen molar-refractivity contribution in [1.29, 1.82) is 0 Å². The third-order valence-corrected chi connectivity index (χ3v) is 7.41. The van der Waals surface area contributed by atoms with Gasteiger partial charge in [0.05, 0.1) is 6.57 Å². The van der Waals surface area contributed by atoms with Crippen molar-refractivity contribution in [3.63, 3.8) is 0 Å². The van der Waals surface area contributed by atoms with Crippen LogP contribution in [0.4, 0.5) is 5.69 Å². The third kappa shape index (κ3) is 5.00. The van der Waals surface area contributed by atoms with Crippen LogP contribution in [0.25, 0.3) is 16.0 Å². The van der Waals surface area contributed by atoms with E-state index in [0.717, 1.165) is 46.8 Å². The van der Waals surface area contributed by atoms with Gasteiger partial charge >= 0.3 is 0 Å². The molecule has 37 heavy (non-hydrogen) atoms. The molecule has 1 fully saturated rings. The zero-order chi connectivity index (χ0) is 26.1.